The normalized spacial score (nSPS) is 9.65. The minimum absolute atomic E-state index is 0.481. The summed E-state index contributed by atoms with van der Waals surface area (Å²) >= 11 is 0. The van der Waals surface area contributed by atoms with E-state index >= 15 is 0 Å². The number of nitrogens with two attached hydrogens (primary N) is 1. The molecule has 0 aliphatic rings. The van der Waals surface area contributed by atoms with Gasteiger partial charge < -0.3 is 15.8 Å². The number of nitrogens with one attached hydrogen (secondary N) is 1. The van der Waals surface area contributed by atoms with E-state index in [1.54, 1.807) is 0 Å². The Morgan fingerprint density at radius 3 is 2.50 bits per heavy atom. The van der Waals surface area contributed by atoms with Crippen molar-refractivity contribution in [3.05, 3.63) is 42.0 Å². The Balaban J connectivity index is 0.000000621. The monoisotopic (exact) mass is 278 g/mol. The third-order valence-corrected chi connectivity index (χ3v) is 2.61. The van der Waals surface area contributed by atoms with Gasteiger partial charge in [-0.15, -0.1) is 0 Å². The van der Waals surface area contributed by atoms with E-state index in [0.717, 1.165) is 25.0 Å². The van der Waals surface area contributed by atoms with Crippen molar-refractivity contribution in [1.29, 1.82) is 0 Å². The van der Waals surface area contributed by atoms with Gasteiger partial charge in [0.15, 0.2) is 0 Å². The Bertz CT molecular complexity index is 428. The average Bonchev–Trinajstić information content (AvgIpc) is 2.41. The Kier molecular flexibility index (Phi) is 9.13. The molecule has 1 aromatic rings. The molecule has 0 bridgehead atoms. The maximum absolute atomic E-state index is 9.47. The van der Waals surface area contributed by atoms with Crippen LogP contribution in [0.15, 0.2) is 30.9 Å². The van der Waals surface area contributed by atoms with Crippen LogP contribution in [0.3, 0.4) is 0 Å². The highest BCUT2D eigenvalue weighted by atomic mass is 16.5. The second kappa shape index (κ2) is 10.0. The molecule has 0 atom stereocenters. The van der Waals surface area contributed by atoms with Crippen molar-refractivity contribution >= 4 is 5.91 Å². The standard InChI is InChI=1S/C13H21NO.C3H5NO/c1-5-15-13-11(9-14-4)7-6-8-12(13)10(2)3;1-2-3(4)5/h6-8,10,14H,5,9H2,1-4H3;2H,1H2,(H2,4,5). The van der Waals surface area contributed by atoms with Crippen LogP contribution in [0, 0.1) is 0 Å². The number of primary amides is 1. The second-order valence-corrected chi connectivity index (χ2v) is 4.56. The van der Waals surface area contributed by atoms with Crippen LogP contribution >= 0.6 is 0 Å². The number of benzene rings is 1. The Labute approximate surface area is 122 Å². The van der Waals surface area contributed by atoms with Gasteiger partial charge in [-0.2, -0.15) is 0 Å². The van der Waals surface area contributed by atoms with Gasteiger partial charge in [-0.25, -0.2) is 0 Å². The molecule has 1 amide bonds. The third kappa shape index (κ3) is 6.38. The molecule has 4 nitrogen and oxygen atoms in total. The van der Waals surface area contributed by atoms with Gasteiger partial charge in [0.1, 0.15) is 5.75 Å². The van der Waals surface area contributed by atoms with Crippen LogP contribution < -0.4 is 15.8 Å². The molecule has 0 radical (unpaired) electrons. The lowest BCUT2D eigenvalue weighted by atomic mass is 9.99. The number of amides is 1. The first kappa shape index (κ1) is 18.2. The fourth-order valence-electron chi connectivity index (χ4n) is 1.71. The van der Waals surface area contributed by atoms with E-state index in [4.69, 9.17) is 4.74 Å². The predicted octanol–water partition coefficient (Wildman–Crippen LogP) is 2.59. The van der Waals surface area contributed by atoms with Gasteiger partial charge in [0, 0.05) is 12.1 Å². The molecule has 1 rings (SSSR count). The van der Waals surface area contributed by atoms with E-state index in [1.807, 2.05) is 14.0 Å². The van der Waals surface area contributed by atoms with E-state index < -0.39 is 5.91 Å². The number of carbonyl (C=O) groups excluding carboxylic acids is 1. The number of rotatable bonds is 6. The number of hydrogen-bond donors (Lipinski definition) is 2. The predicted molar refractivity (Wildman–Crippen MR) is 83.9 cm³/mol. The van der Waals surface area contributed by atoms with Gasteiger partial charge in [-0.1, -0.05) is 38.6 Å². The maximum Gasteiger partial charge on any atom is 0.240 e. The van der Waals surface area contributed by atoms with E-state index in [0.29, 0.717) is 5.92 Å². The quantitative estimate of drug-likeness (QED) is 0.786. The molecule has 3 N–H and O–H groups in total. The number of ether oxygens (including phenoxy) is 1. The zero-order valence-corrected chi connectivity index (χ0v) is 12.9. The molecule has 0 saturated carbocycles. The molecule has 0 saturated heterocycles. The Morgan fingerprint density at radius 2 is 2.10 bits per heavy atom. The molecular weight excluding hydrogens is 252 g/mol. The second-order valence-electron chi connectivity index (χ2n) is 4.56. The van der Waals surface area contributed by atoms with Crippen molar-refractivity contribution in [2.45, 2.75) is 33.2 Å². The molecule has 0 aliphatic heterocycles. The van der Waals surface area contributed by atoms with Crippen molar-refractivity contribution in [3.63, 3.8) is 0 Å². The molecule has 0 heterocycles. The Morgan fingerprint density at radius 1 is 1.50 bits per heavy atom. The highest BCUT2D eigenvalue weighted by Gasteiger charge is 2.11. The zero-order chi connectivity index (χ0) is 15.5. The first-order valence-corrected chi connectivity index (χ1v) is 6.78. The van der Waals surface area contributed by atoms with Crippen LogP contribution in [0.4, 0.5) is 0 Å². The van der Waals surface area contributed by atoms with E-state index in [9.17, 15) is 4.79 Å². The molecule has 0 aliphatic carbocycles. The lowest BCUT2D eigenvalue weighted by Crippen LogP contribution is -2.09. The highest BCUT2D eigenvalue weighted by Crippen LogP contribution is 2.30. The van der Waals surface area contributed by atoms with Gasteiger partial charge in [0.25, 0.3) is 0 Å². The summed E-state index contributed by atoms with van der Waals surface area (Å²) < 4.78 is 5.74. The van der Waals surface area contributed by atoms with Gasteiger partial charge in [-0.3, -0.25) is 4.79 Å². The lowest BCUT2D eigenvalue weighted by Gasteiger charge is -2.17. The molecule has 0 fully saturated rings. The number of carbonyl (C=O) groups is 1. The molecule has 4 heteroatoms. The van der Waals surface area contributed by atoms with Crippen molar-refractivity contribution in [2.24, 2.45) is 5.73 Å². The minimum Gasteiger partial charge on any atom is -0.493 e. The average molecular weight is 278 g/mol. The van der Waals surface area contributed by atoms with Crippen LogP contribution in [0.2, 0.25) is 0 Å². The van der Waals surface area contributed by atoms with Crippen LogP contribution in [0.25, 0.3) is 0 Å². The smallest absolute Gasteiger partial charge is 0.240 e. The molecule has 1 aromatic carbocycles. The number of hydrogen-bond acceptors (Lipinski definition) is 3. The summed E-state index contributed by atoms with van der Waals surface area (Å²) in [6, 6.07) is 6.37. The van der Waals surface area contributed by atoms with Gasteiger partial charge in [0.05, 0.1) is 6.61 Å². The van der Waals surface area contributed by atoms with E-state index in [2.05, 4.69) is 49.7 Å². The summed E-state index contributed by atoms with van der Waals surface area (Å²) in [5, 5.41) is 3.17. The third-order valence-electron chi connectivity index (χ3n) is 2.61. The first-order valence-electron chi connectivity index (χ1n) is 6.78. The summed E-state index contributed by atoms with van der Waals surface area (Å²) in [6.07, 6.45) is 1.06. The van der Waals surface area contributed by atoms with Crippen molar-refractivity contribution in [1.82, 2.24) is 5.32 Å². The van der Waals surface area contributed by atoms with Gasteiger partial charge in [-0.05, 0) is 31.5 Å². The van der Waals surface area contributed by atoms with E-state index in [1.165, 1.54) is 11.1 Å². The van der Waals surface area contributed by atoms with Crippen LogP contribution in [0.1, 0.15) is 37.8 Å². The zero-order valence-electron chi connectivity index (χ0n) is 12.9. The van der Waals surface area contributed by atoms with Crippen LogP contribution in [0.5, 0.6) is 5.75 Å². The molecule has 0 spiro atoms. The summed E-state index contributed by atoms with van der Waals surface area (Å²) in [6.45, 7) is 11.1. The summed E-state index contributed by atoms with van der Waals surface area (Å²) in [7, 11) is 1.96. The summed E-state index contributed by atoms with van der Waals surface area (Å²) in [5.74, 6) is 1.08. The molecule has 20 heavy (non-hydrogen) atoms. The fourth-order valence-corrected chi connectivity index (χ4v) is 1.71. The van der Waals surface area contributed by atoms with Crippen LogP contribution in [-0.4, -0.2) is 19.6 Å². The largest absolute Gasteiger partial charge is 0.493 e. The maximum atomic E-state index is 9.47. The Hall–Kier alpha value is -1.81. The SMILES string of the molecule is C=CC(N)=O.CCOc1c(CNC)cccc1C(C)C. The molecular formula is C16H26N2O2. The van der Waals surface area contributed by atoms with Crippen molar-refractivity contribution in [3.8, 4) is 5.75 Å². The molecule has 112 valence electrons. The minimum atomic E-state index is -0.481. The topological polar surface area (TPSA) is 64.4 Å². The molecule has 0 aromatic heterocycles. The first-order chi connectivity index (χ1) is 9.47. The fraction of sp³-hybridized carbons (Fsp3) is 0.438. The van der Waals surface area contributed by atoms with E-state index in [-0.39, 0.29) is 0 Å². The molecule has 0 unspecified atom stereocenters. The lowest BCUT2D eigenvalue weighted by molar-refractivity contribution is -0.113. The van der Waals surface area contributed by atoms with Crippen LogP contribution in [-0.2, 0) is 11.3 Å². The van der Waals surface area contributed by atoms with Crippen molar-refractivity contribution < 1.29 is 9.53 Å². The van der Waals surface area contributed by atoms with Crippen molar-refractivity contribution in [2.75, 3.05) is 13.7 Å². The summed E-state index contributed by atoms with van der Waals surface area (Å²) in [4.78, 5) is 9.47. The summed E-state index contributed by atoms with van der Waals surface area (Å²) in [5.41, 5.74) is 7.07. The van der Waals surface area contributed by atoms with Gasteiger partial charge >= 0.3 is 0 Å². The van der Waals surface area contributed by atoms with Gasteiger partial charge in [0.2, 0.25) is 5.91 Å². The highest BCUT2D eigenvalue weighted by molar-refractivity contribution is 5.84. The number of para-hydroxylation sites is 1.